The molecule has 1 aliphatic heterocycles. The first-order chi connectivity index (χ1) is 10.4. The summed E-state index contributed by atoms with van der Waals surface area (Å²) in [5.41, 5.74) is 1.49. The van der Waals surface area contributed by atoms with E-state index in [2.05, 4.69) is 15.0 Å². The van der Waals surface area contributed by atoms with Crippen LogP contribution in [0.25, 0.3) is 0 Å². The second kappa shape index (κ2) is 5.68. The van der Waals surface area contributed by atoms with Crippen LogP contribution in [0.4, 0.5) is 0 Å². The van der Waals surface area contributed by atoms with Crippen LogP contribution in [0.1, 0.15) is 29.5 Å². The lowest BCUT2D eigenvalue weighted by atomic mass is 9.72. The second-order valence-electron chi connectivity index (χ2n) is 5.95. The molecule has 1 amide bonds. The number of aromatic amines is 1. The van der Waals surface area contributed by atoms with Crippen molar-refractivity contribution in [1.29, 1.82) is 0 Å². The van der Waals surface area contributed by atoms with Crippen molar-refractivity contribution in [3.8, 4) is 0 Å². The fraction of sp³-hybridized carbons (Fsp3) is 0.643. The first-order valence-corrected chi connectivity index (χ1v) is 9.36. The van der Waals surface area contributed by atoms with Gasteiger partial charge in [0, 0.05) is 18.2 Å². The minimum absolute atomic E-state index is 0.144. The molecule has 4 atom stereocenters. The first-order valence-electron chi connectivity index (χ1n) is 7.46. The Morgan fingerprint density at radius 2 is 2.18 bits per heavy atom. The van der Waals surface area contributed by atoms with E-state index in [1.165, 1.54) is 0 Å². The Balaban J connectivity index is 1.70. The molecule has 2 fully saturated rings. The van der Waals surface area contributed by atoms with Crippen molar-refractivity contribution in [1.82, 2.24) is 15.0 Å². The maximum atomic E-state index is 12.3. The van der Waals surface area contributed by atoms with Crippen LogP contribution in [0.5, 0.6) is 0 Å². The highest BCUT2D eigenvalue weighted by atomic mass is 32.2. The predicted octanol–water partition coefficient (Wildman–Crippen LogP) is 0.0120. The fourth-order valence-electron chi connectivity index (χ4n) is 3.30. The molecular weight excluding hydrogens is 306 g/mol. The van der Waals surface area contributed by atoms with Crippen LogP contribution in [0.2, 0.25) is 0 Å². The van der Waals surface area contributed by atoms with Gasteiger partial charge in [-0.2, -0.15) is 0 Å². The highest BCUT2D eigenvalue weighted by Crippen LogP contribution is 2.39. The minimum Gasteiger partial charge on any atom is -0.376 e. The molecule has 0 spiro atoms. The number of sulfonamides is 1. The molecule has 2 heterocycles. The summed E-state index contributed by atoms with van der Waals surface area (Å²) in [7, 11) is -3.35. The summed E-state index contributed by atoms with van der Waals surface area (Å²) >= 11 is 0. The van der Waals surface area contributed by atoms with Gasteiger partial charge in [0.15, 0.2) is 0 Å². The van der Waals surface area contributed by atoms with Crippen molar-refractivity contribution in [3.05, 3.63) is 23.5 Å². The van der Waals surface area contributed by atoms with Crippen molar-refractivity contribution in [2.45, 2.75) is 38.0 Å². The Morgan fingerprint density at radius 1 is 1.41 bits per heavy atom. The number of H-pyrrole nitrogens is 1. The number of aromatic nitrogens is 1. The standard InChI is InChI=1S/C14H21N3O4S/c1-3-8-4-5-10(15-8)14(18)16-11-9-6-7-21-13(9)12(11)17-22(2,19)20/h4-5,9,11-13,15,17H,3,6-7H2,1-2H3,(H,16,18)/t9-,11+,12-,13-/m1/s1. The molecule has 1 aromatic heterocycles. The van der Waals surface area contributed by atoms with Crippen molar-refractivity contribution in [2.24, 2.45) is 5.92 Å². The largest absolute Gasteiger partial charge is 0.376 e. The maximum Gasteiger partial charge on any atom is 0.267 e. The topological polar surface area (TPSA) is 100 Å². The molecule has 0 unspecified atom stereocenters. The van der Waals surface area contributed by atoms with Gasteiger partial charge in [0.05, 0.1) is 24.4 Å². The SMILES string of the molecule is CCc1ccc(C(=O)N[C@H]2[C@H]3CCO[C@H]3[C@@H]2NS(C)(=O)=O)[nH]1. The predicted molar refractivity (Wildman–Crippen MR) is 81.0 cm³/mol. The fourth-order valence-corrected chi connectivity index (χ4v) is 4.07. The zero-order valence-electron chi connectivity index (χ0n) is 12.6. The highest BCUT2D eigenvalue weighted by molar-refractivity contribution is 7.88. The number of nitrogens with one attached hydrogen (secondary N) is 3. The number of aryl methyl sites for hydroxylation is 1. The molecule has 22 heavy (non-hydrogen) atoms. The molecule has 0 aromatic carbocycles. The Hall–Kier alpha value is -1.38. The molecule has 2 aliphatic rings. The van der Waals surface area contributed by atoms with Crippen LogP contribution in [-0.2, 0) is 21.2 Å². The second-order valence-corrected chi connectivity index (χ2v) is 7.73. The summed E-state index contributed by atoms with van der Waals surface area (Å²) < 4.78 is 31.1. The van der Waals surface area contributed by atoms with Crippen molar-refractivity contribution >= 4 is 15.9 Å². The summed E-state index contributed by atoms with van der Waals surface area (Å²) in [6.45, 7) is 2.61. The average Bonchev–Trinajstić information content (AvgIpc) is 3.08. The number of hydrogen-bond donors (Lipinski definition) is 3. The van der Waals surface area contributed by atoms with Gasteiger partial charge in [-0.15, -0.1) is 0 Å². The molecule has 3 rings (SSSR count). The van der Waals surface area contributed by atoms with E-state index >= 15 is 0 Å². The van der Waals surface area contributed by atoms with Crippen molar-refractivity contribution in [2.75, 3.05) is 12.9 Å². The number of fused-ring (bicyclic) bond motifs is 1. The average molecular weight is 327 g/mol. The molecule has 3 N–H and O–H groups in total. The van der Waals surface area contributed by atoms with Gasteiger partial charge in [0.2, 0.25) is 10.0 Å². The Morgan fingerprint density at radius 3 is 2.82 bits per heavy atom. The third kappa shape index (κ3) is 2.90. The molecule has 0 bridgehead atoms. The molecule has 1 saturated heterocycles. The lowest BCUT2D eigenvalue weighted by Gasteiger charge is -2.47. The monoisotopic (exact) mass is 327 g/mol. The lowest BCUT2D eigenvalue weighted by Crippen LogP contribution is -2.70. The van der Waals surface area contributed by atoms with E-state index in [1.54, 1.807) is 6.07 Å². The smallest absolute Gasteiger partial charge is 0.267 e. The molecule has 122 valence electrons. The van der Waals surface area contributed by atoms with E-state index < -0.39 is 16.1 Å². The highest BCUT2D eigenvalue weighted by Gasteiger charge is 2.55. The summed E-state index contributed by atoms with van der Waals surface area (Å²) in [5, 5.41) is 2.94. The van der Waals surface area contributed by atoms with E-state index in [0.717, 1.165) is 24.8 Å². The number of carbonyl (C=O) groups is 1. The zero-order valence-corrected chi connectivity index (χ0v) is 13.4. The third-order valence-electron chi connectivity index (χ3n) is 4.41. The molecule has 8 heteroatoms. The Labute approximate surface area is 129 Å². The van der Waals surface area contributed by atoms with Crippen LogP contribution in [0.15, 0.2) is 12.1 Å². The number of hydrogen-bond acceptors (Lipinski definition) is 4. The first kappa shape index (κ1) is 15.5. The minimum atomic E-state index is -3.35. The van der Waals surface area contributed by atoms with Gasteiger partial charge < -0.3 is 15.0 Å². The molecule has 1 aliphatic carbocycles. The van der Waals surface area contributed by atoms with E-state index in [1.807, 2.05) is 13.0 Å². The normalized spacial score (nSPS) is 30.6. The number of ether oxygens (including phenoxy) is 1. The van der Waals surface area contributed by atoms with Gasteiger partial charge in [0.1, 0.15) is 5.69 Å². The summed E-state index contributed by atoms with van der Waals surface area (Å²) in [5.74, 6) is -0.0424. The van der Waals surface area contributed by atoms with Crippen molar-refractivity contribution in [3.63, 3.8) is 0 Å². The van der Waals surface area contributed by atoms with Crippen LogP contribution in [0, 0.1) is 5.92 Å². The van der Waals surface area contributed by atoms with Crippen LogP contribution >= 0.6 is 0 Å². The number of carbonyl (C=O) groups excluding carboxylic acids is 1. The van der Waals surface area contributed by atoms with Gasteiger partial charge in [0.25, 0.3) is 5.91 Å². The van der Waals surface area contributed by atoms with Crippen LogP contribution in [-0.4, -0.2) is 50.4 Å². The van der Waals surface area contributed by atoms with Crippen molar-refractivity contribution < 1.29 is 17.9 Å². The van der Waals surface area contributed by atoms with Crippen LogP contribution in [0.3, 0.4) is 0 Å². The van der Waals surface area contributed by atoms with E-state index in [9.17, 15) is 13.2 Å². The van der Waals surface area contributed by atoms with Gasteiger partial charge >= 0.3 is 0 Å². The Kier molecular flexibility index (Phi) is 4.00. The molecule has 1 saturated carbocycles. The number of rotatable bonds is 5. The van der Waals surface area contributed by atoms with Gasteiger partial charge in [-0.25, -0.2) is 13.1 Å². The molecule has 0 radical (unpaired) electrons. The van der Waals surface area contributed by atoms with E-state index in [0.29, 0.717) is 12.3 Å². The lowest BCUT2D eigenvalue weighted by molar-refractivity contribution is -0.0194. The van der Waals surface area contributed by atoms with Gasteiger partial charge in [-0.05, 0) is 25.0 Å². The van der Waals surface area contributed by atoms with Gasteiger partial charge in [-0.1, -0.05) is 6.92 Å². The number of amides is 1. The molecular formula is C14H21N3O4S. The summed E-state index contributed by atoms with van der Waals surface area (Å²) in [4.78, 5) is 15.4. The zero-order chi connectivity index (χ0) is 15.9. The quantitative estimate of drug-likeness (QED) is 0.709. The summed E-state index contributed by atoms with van der Waals surface area (Å²) in [6.07, 6.45) is 2.64. The van der Waals surface area contributed by atoms with Crippen LogP contribution < -0.4 is 10.0 Å². The Bertz CT molecular complexity index is 669. The molecule has 1 aromatic rings. The maximum absolute atomic E-state index is 12.3. The van der Waals surface area contributed by atoms with E-state index in [4.69, 9.17) is 4.74 Å². The van der Waals surface area contributed by atoms with E-state index in [-0.39, 0.29) is 24.0 Å². The summed E-state index contributed by atoms with van der Waals surface area (Å²) in [6, 6.07) is 2.99. The third-order valence-corrected chi connectivity index (χ3v) is 5.11. The van der Waals surface area contributed by atoms with Gasteiger partial charge in [-0.3, -0.25) is 4.79 Å². The molecule has 7 nitrogen and oxygen atoms in total.